The second-order valence-electron chi connectivity index (χ2n) is 5.44. The van der Waals surface area contributed by atoms with Crippen LogP contribution in [0.25, 0.3) is 6.08 Å². The number of aromatic nitrogens is 4. The van der Waals surface area contributed by atoms with E-state index in [1.165, 1.54) is 6.08 Å². The van der Waals surface area contributed by atoms with Crippen molar-refractivity contribution < 1.29 is 4.79 Å². The Morgan fingerprint density at radius 2 is 2.12 bits per heavy atom. The maximum absolute atomic E-state index is 12.0. The van der Waals surface area contributed by atoms with Gasteiger partial charge in [-0.05, 0) is 24.6 Å². The minimum absolute atomic E-state index is 0.243. The molecule has 1 N–H and O–H groups in total. The van der Waals surface area contributed by atoms with Gasteiger partial charge < -0.3 is 5.32 Å². The van der Waals surface area contributed by atoms with Crippen molar-refractivity contribution in [3.05, 3.63) is 71.1 Å². The van der Waals surface area contributed by atoms with Gasteiger partial charge in [-0.25, -0.2) is 0 Å². The van der Waals surface area contributed by atoms with Crippen molar-refractivity contribution in [2.24, 2.45) is 0 Å². The van der Waals surface area contributed by atoms with Gasteiger partial charge in [0.25, 0.3) is 0 Å². The van der Waals surface area contributed by atoms with E-state index < -0.39 is 0 Å². The zero-order chi connectivity index (χ0) is 17.6. The van der Waals surface area contributed by atoms with Crippen LogP contribution in [0.15, 0.2) is 55.0 Å². The molecule has 0 radical (unpaired) electrons. The Labute approximate surface area is 150 Å². The molecule has 0 aliphatic heterocycles. The van der Waals surface area contributed by atoms with Gasteiger partial charge in [0.2, 0.25) is 5.91 Å². The van der Waals surface area contributed by atoms with E-state index in [9.17, 15) is 4.79 Å². The third-order valence-electron chi connectivity index (χ3n) is 3.59. The highest BCUT2D eigenvalue weighted by Gasteiger charge is 2.05. The third-order valence-corrected chi connectivity index (χ3v) is 3.96. The summed E-state index contributed by atoms with van der Waals surface area (Å²) in [6.45, 7) is 3.34. The van der Waals surface area contributed by atoms with Crippen molar-refractivity contribution >= 4 is 29.4 Å². The molecule has 0 fully saturated rings. The van der Waals surface area contributed by atoms with Crippen molar-refractivity contribution in [3.63, 3.8) is 0 Å². The van der Waals surface area contributed by atoms with Crippen LogP contribution in [0.1, 0.15) is 18.1 Å². The van der Waals surface area contributed by atoms with E-state index in [1.54, 1.807) is 33.9 Å². The molecule has 128 valence electrons. The Hall–Kier alpha value is -2.86. The maximum Gasteiger partial charge on any atom is 0.249 e. The number of carbonyl (C=O) groups is 1. The molecule has 0 unspecified atom stereocenters. The van der Waals surface area contributed by atoms with Crippen LogP contribution in [-0.4, -0.2) is 25.5 Å². The van der Waals surface area contributed by atoms with Crippen LogP contribution < -0.4 is 5.32 Å². The summed E-state index contributed by atoms with van der Waals surface area (Å²) in [6, 6.07) is 9.35. The topological polar surface area (TPSA) is 64.7 Å². The fraction of sp³-hybridized carbons (Fsp3) is 0.167. The lowest BCUT2D eigenvalue weighted by molar-refractivity contribution is -0.111. The zero-order valence-electron chi connectivity index (χ0n) is 13.8. The van der Waals surface area contributed by atoms with Gasteiger partial charge in [0.1, 0.15) is 0 Å². The monoisotopic (exact) mass is 355 g/mol. The molecule has 7 heteroatoms. The van der Waals surface area contributed by atoms with Crippen LogP contribution in [0.5, 0.6) is 0 Å². The van der Waals surface area contributed by atoms with Crippen molar-refractivity contribution in [3.8, 4) is 0 Å². The van der Waals surface area contributed by atoms with Gasteiger partial charge >= 0.3 is 0 Å². The fourth-order valence-corrected chi connectivity index (χ4v) is 2.49. The average Bonchev–Trinajstić information content (AvgIpc) is 3.24. The molecule has 6 nitrogen and oxygen atoms in total. The standard InChI is InChI=1S/C18H18ClN5O/c1-2-23-12-14(11-20-23)7-8-18(25)21-17-9-10-24(22-17)13-15-5-3-4-6-16(15)19/h3-12H,2,13H2,1H3,(H,21,22,25)/b8-7+. The van der Waals surface area contributed by atoms with E-state index in [1.807, 2.05) is 37.4 Å². The first-order chi connectivity index (χ1) is 12.1. The molecule has 0 aliphatic rings. The highest BCUT2D eigenvalue weighted by Crippen LogP contribution is 2.16. The number of hydrogen-bond acceptors (Lipinski definition) is 3. The Kier molecular flexibility index (Phi) is 5.30. The van der Waals surface area contributed by atoms with Crippen LogP contribution in [0, 0.1) is 0 Å². The van der Waals surface area contributed by atoms with Crippen molar-refractivity contribution in [2.45, 2.75) is 20.0 Å². The fourth-order valence-electron chi connectivity index (χ4n) is 2.30. The number of benzene rings is 1. The molecule has 0 saturated carbocycles. The average molecular weight is 356 g/mol. The Bertz CT molecular complexity index is 896. The van der Waals surface area contributed by atoms with Crippen LogP contribution in [0.4, 0.5) is 5.82 Å². The molecule has 25 heavy (non-hydrogen) atoms. The van der Waals surface area contributed by atoms with Crippen LogP contribution in [0.3, 0.4) is 0 Å². The maximum atomic E-state index is 12.0. The number of nitrogens with one attached hydrogen (secondary N) is 1. The van der Waals surface area contributed by atoms with Gasteiger partial charge in [-0.15, -0.1) is 0 Å². The lowest BCUT2D eigenvalue weighted by Gasteiger charge is -2.04. The molecule has 0 saturated heterocycles. The molecule has 3 aromatic rings. The summed E-state index contributed by atoms with van der Waals surface area (Å²) >= 11 is 6.15. The minimum Gasteiger partial charge on any atom is -0.306 e. The molecule has 3 rings (SSSR count). The third kappa shape index (κ3) is 4.58. The quantitative estimate of drug-likeness (QED) is 0.689. The summed E-state index contributed by atoms with van der Waals surface area (Å²) in [4.78, 5) is 12.0. The second kappa shape index (κ2) is 7.81. The molecule has 2 aromatic heterocycles. The molecule has 2 heterocycles. The number of amides is 1. The van der Waals surface area contributed by atoms with Gasteiger partial charge in [0, 0.05) is 41.7 Å². The summed E-state index contributed by atoms with van der Waals surface area (Å²) in [6.07, 6.45) is 8.57. The Morgan fingerprint density at radius 3 is 2.88 bits per heavy atom. The first-order valence-corrected chi connectivity index (χ1v) is 8.30. The second-order valence-corrected chi connectivity index (χ2v) is 5.85. The van der Waals surface area contributed by atoms with Crippen molar-refractivity contribution in [1.82, 2.24) is 19.6 Å². The molecule has 0 spiro atoms. The van der Waals surface area contributed by atoms with Crippen molar-refractivity contribution in [2.75, 3.05) is 5.32 Å². The van der Waals surface area contributed by atoms with E-state index in [-0.39, 0.29) is 5.91 Å². The Balaban J connectivity index is 1.59. The summed E-state index contributed by atoms with van der Waals surface area (Å²) < 4.78 is 3.53. The van der Waals surface area contributed by atoms with Gasteiger partial charge in [-0.3, -0.25) is 14.2 Å². The van der Waals surface area contributed by atoms with Crippen LogP contribution in [0.2, 0.25) is 5.02 Å². The normalized spacial score (nSPS) is 11.1. The SMILES string of the molecule is CCn1cc(/C=C/C(=O)Nc2ccn(Cc3ccccc3Cl)n2)cn1. The van der Waals surface area contributed by atoms with Crippen LogP contribution >= 0.6 is 11.6 Å². The lowest BCUT2D eigenvalue weighted by atomic mass is 10.2. The zero-order valence-corrected chi connectivity index (χ0v) is 14.5. The first-order valence-electron chi connectivity index (χ1n) is 7.92. The van der Waals surface area contributed by atoms with Gasteiger partial charge in [0.15, 0.2) is 5.82 Å². The van der Waals surface area contributed by atoms with Gasteiger partial charge in [0.05, 0.1) is 12.7 Å². The van der Waals surface area contributed by atoms with E-state index in [0.717, 1.165) is 17.7 Å². The van der Waals surface area contributed by atoms with E-state index in [0.29, 0.717) is 17.4 Å². The summed E-state index contributed by atoms with van der Waals surface area (Å²) in [5.74, 6) is 0.248. The molecule has 0 aliphatic carbocycles. The Morgan fingerprint density at radius 1 is 1.28 bits per heavy atom. The molecule has 0 bridgehead atoms. The van der Waals surface area contributed by atoms with E-state index in [4.69, 9.17) is 11.6 Å². The summed E-state index contributed by atoms with van der Waals surface area (Å²) in [5, 5.41) is 11.9. The predicted octanol–water partition coefficient (Wildman–Crippen LogP) is 3.45. The van der Waals surface area contributed by atoms with E-state index in [2.05, 4.69) is 15.5 Å². The summed E-state index contributed by atoms with van der Waals surface area (Å²) in [7, 11) is 0. The van der Waals surface area contributed by atoms with E-state index >= 15 is 0 Å². The lowest BCUT2D eigenvalue weighted by Crippen LogP contribution is -2.09. The van der Waals surface area contributed by atoms with Gasteiger partial charge in [-0.1, -0.05) is 29.8 Å². The highest BCUT2D eigenvalue weighted by molar-refractivity contribution is 6.31. The first kappa shape index (κ1) is 17.0. The number of nitrogens with zero attached hydrogens (tertiary/aromatic N) is 4. The van der Waals surface area contributed by atoms with Gasteiger partial charge in [-0.2, -0.15) is 10.2 Å². The smallest absolute Gasteiger partial charge is 0.249 e. The minimum atomic E-state index is -0.243. The largest absolute Gasteiger partial charge is 0.306 e. The molecule has 1 aromatic carbocycles. The number of halogens is 1. The predicted molar refractivity (Wildman–Crippen MR) is 98.3 cm³/mol. The van der Waals surface area contributed by atoms with Crippen molar-refractivity contribution in [1.29, 1.82) is 0 Å². The van der Waals surface area contributed by atoms with Crippen LogP contribution in [-0.2, 0) is 17.9 Å². The molecule has 0 atom stereocenters. The summed E-state index contributed by atoms with van der Waals surface area (Å²) in [5.41, 5.74) is 1.85. The number of carbonyl (C=O) groups excluding carboxylic acids is 1. The number of hydrogen-bond donors (Lipinski definition) is 1. The highest BCUT2D eigenvalue weighted by atomic mass is 35.5. The molecular formula is C18H18ClN5O. The number of anilines is 1. The number of aryl methyl sites for hydroxylation is 1. The molecular weight excluding hydrogens is 338 g/mol. The number of rotatable bonds is 6. The molecule has 1 amide bonds.